The Morgan fingerprint density at radius 3 is 2.52 bits per heavy atom. The Morgan fingerprint density at radius 1 is 1.12 bits per heavy atom. The maximum Gasteiger partial charge on any atom is 0.263 e. The number of benzene rings is 2. The number of carbonyl (C=O) groups excluding carboxylic acids is 1. The van der Waals surface area contributed by atoms with Gasteiger partial charge in [-0.3, -0.25) is 9.52 Å². The van der Waals surface area contributed by atoms with Crippen LogP contribution in [-0.4, -0.2) is 39.8 Å². The van der Waals surface area contributed by atoms with Gasteiger partial charge in [-0.1, -0.05) is 23.4 Å². The predicted octanol–water partition coefficient (Wildman–Crippen LogP) is 4.12. The van der Waals surface area contributed by atoms with Crippen molar-refractivity contribution in [3.05, 3.63) is 65.1 Å². The molecular formula is C20H17ClN6O3S3. The Labute approximate surface area is 203 Å². The van der Waals surface area contributed by atoms with Gasteiger partial charge in [0.1, 0.15) is 0 Å². The topological polar surface area (TPSA) is 119 Å². The Hall–Kier alpha value is -2.93. The monoisotopic (exact) mass is 520 g/mol. The van der Waals surface area contributed by atoms with E-state index in [2.05, 4.69) is 25.2 Å². The van der Waals surface area contributed by atoms with Gasteiger partial charge in [-0.15, -0.1) is 21.5 Å². The fourth-order valence-corrected chi connectivity index (χ4v) is 5.41. The molecule has 9 nitrogen and oxygen atoms in total. The summed E-state index contributed by atoms with van der Waals surface area (Å²) in [5.74, 6) is 0.517. The first kappa shape index (κ1) is 23.2. The molecule has 2 N–H and O–H groups in total. The van der Waals surface area contributed by atoms with E-state index in [0.29, 0.717) is 21.7 Å². The number of rotatable bonds is 8. The zero-order valence-corrected chi connectivity index (χ0v) is 20.3. The SMILES string of the molecule is Cn1c(SCC(=O)Nc2ccc(S(=O)(=O)Nc3nccs3)cc2)nnc1-c1ccc(Cl)cc1. The molecule has 0 saturated heterocycles. The van der Waals surface area contributed by atoms with Gasteiger partial charge in [0, 0.05) is 34.9 Å². The summed E-state index contributed by atoms with van der Waals surface area (Å²) in [5, 5.41) is 14.3. The number of carbonyl (C=O) groups is 1. The summed E-state index contributed by atoms with van der Waals surface area (Å²) in [6.45, 7) is 0. The third kappa shape index (κ3) is 5.71. The van der Waals surface area contributed by atoms with E-state index >= 15 is 0 Å². The van der Waals surface area contributed by atoms with Gasteiger partial charge < -0.3 is 9.88 Å². The molecule has 2 aromatic heterocycles. The molecule has 0 aliphatic rings. The average Bonchev–Trinajstić information content (AvgIpc) is 3.42. The second-order valence-corrected chi connectivity index (χ2v) is 10.6. The lowest BCUT2D eigenvalue weighted by Crippen LogP contribution is -2.15. The van der Waals surface area contributed by atoms with E-state index in [-0.39, 0.29) is 21.7 Å². The lowest BCUT2D eigenvalue weighted by molar-refractivity contribution is -0.113. The van der Waals surface area contributed by atoms with Crippen molar-refractivity contribution >= 4 is 61.4 Å². The number of anilines is 2. The van der Waals surface area contributed by atoms with Crippen molar-refractivity contribution in [3.63, 3.8) is 0 Å². The number of aromatic nitrogens is 4. The summed E-state index contributed by atoms with van der Waals surface area (Å²) in [5.41, 5.74) is 1.35. The van der Waals surface area contributed by atoms with E-state index in [4.69, 9.17) is 11.6 Å². The molecule has 2 heterocycles. The van der Waals surface area contributed by atoms with Gasteiger partial charge in [0.25, 0.3) is 10.0 Å². The standard InChI is InChI=1S/C20H17ClN6O3S3/c1-27-18(13-2-4-14(21)5-3-13)24-25-20(27)32-12-17(28)23-15-6-8-16(9-7-15)33(29,30)26-19-22-10-11-31-19/h2-11H,12H2,1H3,(H,22,26)(H,23,28). The lowest BCUT2D eigenvalue weighted by Gasteiger charge is -2.08. The van der Waals surface area contributed by atoms with E-state index in [1.165, 1.54) is 53.6 Å². The third-order valence-corrected chi connectivity index (χ3v) is 7.82. The molecule has 33 heavy (non-hydrogen) atoms. The van der Waals surface area contributed by atoms with Crippen molar-refractivity contribution in [2.75, 3.05) is 15.8 Å². The van der Waals surface area contributed by atoms with Crippen LogP contribution in [0.25, 0.3) is 11.4 Å². The van der Waals surface area contributed by atoms with Crippen molar-refractivity contribution in [1.82, 2.24) is 19.7 Å². The Morgan fingerprint density at radius 2 is 1.85 bits per heavy atom. The highest BCUT2D eigenvalue weighted by atomic mass is 35.5. The summed E-state index contributed by atoms with van der Waals surface area (Å²) in [6.07, 6.45) is 1.51. The van der Waals surface area contributed by atoms with Crippen LogP contribution in [0.4, 0.5) is 10.8 Å². The van der Waals surface area contributed by atoms with Gasteiger partial charge in [0.2, 0.25) is 5.91 Å². The van der Waals surface area contributed by atoms with Crippen LogP contribution in [0, 0.1) is 0 Å². The first-order valence-electron chi connectivity index (χ1n) is 9.42. The highest BCUT2D eigenvalue weighted by Gasteiger charge is 2.16. The second-order valence-electron chi connectivity index (χ2n) is 6.68. The fraction of sp³-hybridized carbons (Fsp3) is 0.100. The molecule has 0 bridgehead atoms. The third-order valence-electron chi connectivity index (χ3n) is 4.37. The molecule has 0 aliphatic heterocycles. The van der Waals surface area contributed by atoms with Crippen molar-refractivity contribution in [2.45, 2.75) is 10.1 Å². The van der Waals surface area contributed by atoms with Gasteiger partial charge >= 0.3 is 0 Å². The zero-order chi connectivity index (χ0) is 23.4. The quantitative estimate of drug-likeness (QED) is 0.335. The van der Waals surface area contributed by atoms with E-state index in [1.54, 1.807) is 22.1 Å². The van der Waals surface area contributed by atoms with Gasteiger partial charge in [0.05, 0.1) is 10.6 Å². The van der Waals surface area contributed by atoms with Crippen LogP contribution >= 0.6 is 34.7 Å². The number of hydrogen-bond acceptors (Lipinski definition) is 8. The van der Waals surface area contributed by atoms with Crippen molar-refractivity contribution in [1.29, 1.82) is 0 Å². The minimum absolute atomic E-state index is 0.0684. The van der Waals surface area contributed by atoms with Crippen molar-refractivity contribution in [2.24, 2.45) is 7.05 Å². The van der Waals surface area contributed by atoms with E-state index in [1.807, 2.05) is 19.2 Å². The molecule has 4 aromatic rings. The summed E-state index contributed by atoms with van der Waals surface area (Å²) in [7, 11) is -1.92. The molecule has 1 amide bonds. The summed E-state index contributed by atoms with van der Waals surface area (Å²) in [6, 6.07) is 13.1. The fourth-order valence-electron chi connectivity index (χ4n) is 2.78. The lowest BCUT2D eigenvalue weighted by atomic mass is 10.2. The first-order valence-corrected chi connectivity index (χ1v) is 13.1. The van der Waals surface area contributed by atoms with Crippen LogP contribution in [0.3, 0.4) is 0 Å². The number of nitrogens with one attached hydrogen (secondary N) is 2. The minimum Gasteiger partial charge on any atom is -0.325 e. The molecular weight excluding hydrogens is 504 g/mol. The van der Waals surface area contributed by atoms with Gasteiger partial charge in [-0.2, -0.15) is 0 Å². The molecule has 0 saturated carbocycles. The number of thiazole rings is 1. The van der Waals surface area contributed by atoms with Crippen molar-refractivity contribution < 1.29 is 13.2 Å². The summed E-state index contributed by atoms with van der Waals surface area (Å²) >= 11 is 8.35. The van der Waals surface area contributed by atoms with Crippen LogP contribution in [0.1, 0.15) is 0 Å². The van der Waals surface area contributed by atoms with E-state index in [9.17, 15) is 13.2 Å². The molecule has 0 aliphatic carbocycles. The molecule has 170 valence electrons. The number of nitrogens with zero attached hydrogens (tertiary/aromatic N) is 4. The highest BCUT2D eigenvalue weighted by molar-refractivity contribution is 7.99. The Bertz CT molecular complexity index is 1360. The van der Waals surface area contributed by atoms with Crippen LogP contribution < -0.4 is 10.0 Å². The molecule has 13 heteroatoms. The highest BCUT2D eigenvalue weighted by Crippen LogP contribution is 2.24. The number of amides is 1. The average molecular weight is 521 g/mol. The molecule has 2 aromatic carbocycles. The largest absolute Gasteiger partial charge is 0.325 e. The van der Waals surface area contributed by atoms with Crippen LogP contribution in [0.5, 0.6) is 0 Å². The molecule has 0 unspecified atom stereocenters. The Balaban J connectivity index is 1.34. The molecule has 0 radical (unpaired) electrons. The minimum atomic E-state index is -3.75. The maximum absolute atomic E-state index is 12.4. The van der Waals surface area contributed by atoms with E-state index < -0.39 is 10.0 Å². The van der Waals surface area contributed by atoms with Crippen LogP contribution in [0.15, 0.2) is 70.2 Å². The molecule has 4 rings (SSSR count). The smallest absolute Gasteiger partial charge is 0.263 e. The van der Waals surface area contributed by atoms with Crippen molar-refractivity contribution in [3.8, 4) is 11.4 Å². The van der Waals surface area contributed by atoms with Gasteiger partial charge in [-0.05, 0) is 48.5 Å². The predicted molar refractivity (Wildman–Crippen MR) is 130 cm³/mol. The molecule has 0 fully saturated rings. The molecule has 0 atom stereocenters. The first-order chi connectivity index (χ1) is 15.8. The second kappa shape index (κ2) is 9.91. The zero-order valence-electron chi connectivity index (χ0n) is 17.1. The summed E-state index contributed by atoms with van der Waals surface area (Å²) < 4.78 is 29.0. The van der Waals surface area contributed by atoms with E-state index in [0.717, 1.165) is 5.56 Å². The summed E-state index contributed by atoms with van der Waals surface area (Å²) in [4.78, 5) is 16.3. The number of thioether (sulfide) groups is 1. The normalized spacial score (nSPS) is 11.3. The van der Waals surface area contributed by atoms with Crippen LogP contribution in [0.2, 0.25) is 5.02 Å². The maximum atomic E-state index is 12.4. The number of hydrogen-bond donors (Lipinski definition) is 2. The Kier molecular flexibility index (Phi) is 6.98. The van der Waals surface area contributed by atoms with Crippen LogP contribution in [-0.2, 0) is 21.9 Å². The number of halogens is 1. The number of sulfonamides is 1. The van der Waals surface area contributed by atoms with Gasteiger partial charge in [0.15, 0.2) is 16.1 Å². The molecule has 0 spiro atoms. The van der Waals surface area contributed by atoms with Gasteiger partial charge in [-0.25, -0.2) is 13.4 Å².